The van der Waals surface area contributed by atoms with Crippen LogP contribution in [0.5, 0.6) is 0 Å². The quantitative estimate of drug-likeness (QED) is 0.647. The highest BCUT2D eigenvalue weighted by atomic mass is 35.5. The van der Waals surface area contributed by atoms with Gasteiger partial charge in [0.05, 0.1) is 11.7 Å². The van der Waals surface area contributed by atoms with Gasteiger partial charge in [-0.25, -0.2) is 4.39 Å². The molecular weight excluding hydrogens is 347 g/mol. The van der Waals surface area contributed by atoms with Crippen LogP contribution < -0.4 is 10.6 Å². The highest BCUT2D eigenvalue weighted by molar-refractivity contribution is 6.30. The lowest BCUT2D eigenvalue weighted by molar-refractivity contribution is 0.315. The first kappa shape index (κ1) is 19.2. The van der Waals surface area contributed by atoms with Crippen molar-refractivity contribution in [2.75, 3.05) is 18.9 Å². The van der Waals surface area contributed by atoms with Gasteiger partial charge in [0.25, 0.3) is 0 Å². The zero-order valence-electron chi connectivity index (χ0n) is 15.7. The Morgan fingerprint density at radius 1 is 1.23 bits per heavy atom. The van der Waals surface area contributed by atoms with Crippen molar-refractivity contribution in [1.29, 1.82) is 0 Å². The van der Waals surface area contributed by atoms with Gasteiger partial charge in [0.15, 0.2) is 0 Å². The fourth-order valence-electron chi connectivity index (χ4n) is 4.22. The Bertz CT molecular complexity index is 734. The van der Waals surface area contributed by atoms with Gasteiger partial charge in [-0.05, 0) is 67.4 Å². The highest BCUT2D eigenvalue weighted by Crippen LogP contribution is 2.48. The third kappa shape index (κ3) is 4.05. The van der Waals surface area contributed by atoms with Crippen molar-refractivity contribution >= 4 is 17.3 Å². The van der Waals surface area contributed by atoms with Crippen molar-refractivity contribution in [3.63, 3.8) is 0 Å². The molecule has 2 nitrogen and oxygen atoms in total. The smallest absolute Gasteiger partial charge is 0.148 e. The van der Waals surface area contributed by atoms with E-state index in [-0.39, 0.29) is 17.8 Å². The maximum absolute atomic E-state index is 14.6. The van der Waals surface area contributed by atoms with E-state index in [9.17, 15) is 4.39 Å². The molecule has 1 aliphatic rings. The lowest BCUT2D eigenvalue weighted by Gasteiger charge is -2.40. The number of anilines is 1. The van der Waals surface area contributed by atoms with Gasteiger partial charge >= 0.3 is 0 Å². The third-order valence-electron chi connectivity index (χ3n) is 5.65. The summed E-state index contributed by atoms with van der Waals surface area (Å²) in [6, 6.07) is 13.8. The van der Waals surface area contributed by atoms with Gasteiger partial charge in [-0.1, -0.05) is 55.8 Å². The van der Waals surface area contributed by atoms with Crippen molar-refractivity contribution < 1.29 is 4.39 Å². The Kier molecular flexibility index (Phi) is 6.20. The van der Waals surface area contributed by atoms with Gasteiger partial charge in [0, 0.05) is 5.02 Å². The van der Waals surface area contributed by atoms with Gasteiger partial charge in [0.2, 0.25) is 0 Å². The molecule has 0 saturated carbocycles. The van der Waals surface area contributed by atoms with Crippen LogP contribution >= 0.6 is 11.6 Å². The zero-order valence-corrected chi connectivity index (χ0v) is 16.5. The molecule has 2 N–H and O–H groups in total. The van der Waals surface area contributed by atoms with Crippen molar-refractivity contribution in [2.45, 2.75) is 38.6 Å². The summed E-state index contributed by atoms with van der Waals surface area (Å²) in [6.45, 7) is 5.50. The summed E-state index contributed by atoms with van der Waals surface area (Å²) in [6.07, 6.45) is 2.23. The van der Waals surface area contributed by atoms with Crippen molar-refractivity contribution in [1.82, 2.24) is 5.32 Å². The number of hydrogen-bond donors (Lipinski definition) is 2. The topological polar surface area (TPSA) is 24.1 Å². The molecule has 0 radical (unpaired) electrons. The molecule has 0 bridgehead atoms. The van der Waals surface area contributed by atoms with Crippen LogP contribution in [-0.4, -0.2) is 13.6 Å². The molecule has 140 valence electrons. The van der Waals surface area contributed by atoms with Gasteiger partial charge in [0.1, 0.15) is 5.82 Å². The van der Waals surface area contributed by atoms with E-state index in [0.717, 1.165) is 24.9 Å². The van der Waals surface area contributed by atoms with Crippen molar-refractivity contribution in [2.24, 2.45) is 11.8 Å². The SMILES string of the molecule is CNCC(C)CCC1C(c2ccccc2)Nc2c(F)cc(Cl)cc2[C@H]1C. The summed E-state index contributed by atoms with van der Waals surface area (Å²) in [7, 11) is 2.00. The van der Waals surface area contributed by atoms with E-state index < -0.39 is 0 Å². The molecule has 2 aromatic rings. The molecule has 3 unspecified atom stereocenters. The lowest BCUT2D eigenvalue weighted by atomic mass is 9.73. The molecule has 2 aromatic carbocycles. The Hall–Kier alpha value is -1.58. The average Bonchev–Trinajstić information content (AvgIpc) is 2.62. The normalized spacial score (nSPS) is 23.2. The van der Waals surface area contributed by atoms with Crippen LogP contribution in [0.15, 0.2) is 42.5 Å². The molecule has 26 heavy (non-hydrogen) atoms. The van der Waals surface area contributed by atoms with Crippen LogP contribution in [0.1, 0.15) is 49.8 Å². The molecule has 4 heteroatoms. The molecule has 1 aliphatic heterocycles. The van der Waals surface area contributed by atoms with E-state index in [1.54, 1.807) is 0 Å². The fraction of sp³-hybridized carbons (Fsp3) is 0.455. The second kappa shape index (κ2) is 8.41. The summed E-state index contributed by atoms with van der Waals surface area (Å²) in [5, 5.41) is 7.22. The second-order valence-electron chi connectivity index (χ2n) is 7.58. The number of nitrogens with one attached hydrogen (secondary N) is 2. The first-order valence-corrected chi connectivity index (χ1v) is 9.84. The van der Waals surface area contributed by atoms with Gasteiger partial charge < -0.3 is 10.6 Å². The first-order valence-electron chi connectivity index (χ1n) is 9.46. The lowest BCUT2D eigenvalue weighted by Crippen LogP contribution is -2.32. The molecule has 0 fully saturated rings. The Labute approximate surface area is 161 Å². The maximum atomic E-state index is 14.6. The number of hydrogen-bond acceptors (Lipinski definition) is 2. The maximum Gasteiger partial charge on any atom is 0.148 e. The summed E-state index contributed by atoms with van der Waals surface area (Å²) in [5.74, 6) is 0.983. The molecule has 0 amide bonds. The molecule has 0 aliphatic carbocycles. The Balaban J connectivity index is 1.94. The van der Waals surface area contributed by atoms with E-state index >= 15 is 0 Å². The second-order valence-corrected chi connectivity index (χ2v) is 8.01. The molecular formula is C22H28ClFN2. The molecule has 3 rings (SSSR count). The van der Waals surface area contributed by atoms with Gasteiger partial charge in [-0.2, -0.15) is 0 Å². The Morgan fingerprint density at radius 2 is 1.96 bits per heavy atom. The van der Waals surface area contributed by atoms with Gasteiger partial charge in [-0.15, -0.1) is 0 Å². The standard InChI is InChI=1S/C22H28ClFN2/c1-14(13-25-3)9-10-18-15(2)19-11-17(23)12-20(24)22(19)26-21(18)16-7-5-4-6-8-16/h4-8,11-12,14-15,18,21,25-26H,9-10,13H2,1-3H3/t14?,15-,18?,21?/m0/s1. The summed E-state index contributed by atoms with van der Waals surface area (Å²) in [4.78, 5) is 0. The highest BCUT2D eigenvalue weighted by Gasteiger charge is 2.36. The molecule has 0 spiro atoms. The van der Waals surface area contributed by atoms with Crippen LogP contribution in [0.3, 0.4) is 0 Å². The largest absolute Gasteiger partial charge is 0.375 e. The first-order chi connectivity index (χ1) is 12.5. The van der Waals surface area contributed by atoms with Crippen LogP contribution in [0.25, 0.3) is 0 Å². The van der Waals surface area contributed by atoms with Crippen molar-refractivity contribution in [3.8, 4) is 0 Å². The van der Waals surface area contributed by atoms with Crippen LogP contribution in [0, 0.1) is 17.7 Å². The number of benzene rings is 2. The summed E-state index contributed by atoms with van der Waals surface area (Å²) in [5.41, 5.74) is 2.81. The minimum atomic E-state index is -0.262. The van der Waals surface area contributed by atoms with E-state index in [2.05, 4.69) is 48.7 Å². The average molecular weight is 375 g/mol. The van der Waals surface area contributed by atoms with Crippen molar-refractivity contribution in [3.05, 3.63) is 64.4 Å². The van der Waals surface area contributed by atoms with Crippen LogP contribution in [-0.2, 0) is 0 Å². The van der Waals surface area contributed by atoms with Crippen LogP contribution in [0.2, 0.25) is 5.02 Å². The van der Waals surface area contributed by atoms with E-state index in [1.165, 1.54) is 11.6 Å². The monoisotopic (exact) mass is 374 g/mol. The zero-order chi connectivity index (χ0) is 18.7. The van der Waals surface area contributed by atoms with E-state index in [1.807, 2.05) is 19.2 Å². The minimum absolute atomic E-state index is 0.108. The predicted molar refractivity (Wildman–Crippen MR) is 108 cm³/mol. The Morgan fingerprint density at radius 3 is 2.65 bits per heavy atom. The number of halogens is 2. The molecule has 0 aromatic heterocycles. The predicted octanol–water partition coefficient (Wildman–Crippen LogP) is 6.00. The van der Waals surface area contributed by atoms with E-state index in [0.29, 0.717) is 22.5 Å². The fourth-order valence-corrected chi connectivity index (χ4v) is 4.44. The van der Waals surface area contributed by atoms with E-state index in [4.69, 9.17) is 11.6 Å². The summed E-state index contributed by atoms with van der Waals surface area (Å²) < 4.78 is 14.6. The molecule has 4 atom stereocenters. The summed E-state index contributed by atoms with van der Waals surface area (Å²) >= 11 is 6.14. The number of fused-ring (bicyclic) bond motifs is 1. The van der Waals surface area contributed by atoms with Gasteiger partial charge in [-0.3, -0.25) is 0 Å². The minimum Gasteiger partial charge on any atom is -0.375 e. The molecule has 1 heterocycles. The van der Waals surface area contributed by atoms with Crippen LogP contribution in [0.4, 0.5) is 10.1 Å². The molecule has 0 saturated heterocycles. The third-order valence-corrected chi connectivity index (χ3v) is 5.87. The number of rotatable bonds is 6.